The first-order valence-corrected chi connectivity index (χ1v) is 11.9. The first-order valence-electron chi connectivity index (χ1n) is 10.4. The number of amides is 1. The molecule has 10 heteroatoms. The molecule has 0 unspecified atom stereocenters. The van der Waals surface area contributed by atoms with E-state index in [0.717, 1.165) is 30.1 Å². The van der Waals surface area contributed by atoms with Crippen molar-refractivity contribution in [1.82, 2.24) is 29.0 Å². The maximum absolute atomic E-state index is 12.9. The van der Waals surface area contributed by atoms with E-state index in [1.54, 1.807) is 35.4 Å². The molecule has 0 aromatic carbocycles. The van der Waals surface area contributed by atoms with E-state index >= 15 is 0 Å². The van der Waals surface area contributed by atoms with Crippen molar-refractivity contribution >= 4 is 15.9 Å². The zero-order valence-electron chi connectivity index (χ0n) is 17.7. The molecular formula is C20H28N6O3S. The molecule has 4 rings (SSSR count). The van der Waals surface area contributed by atoms with Gasteiger partial charge in [0.1, 0.15) is 5.82 Å². The Kier molecular flexibility index (Phi) is 5.63. The zero-order valence-corrected chi connectivity index (χ0v) is 18.5. The quantitative estimate of drug-likeness (QED) is 0.727. The number of hydrogen-bond acceptors (Lipinski definition) is 6. The highest BCUT2D eigenvalue weighted by atomic mass is 32.2. The number of aryl methyl sites for hydroxylation is 1. The first-order chi connectivity index (χ1) is 14.3. The minimum atomic E-state index is -3.22. The van der Waals surface area contributed by atoms with E-state index in [1.165, 1.54) is 0 Å². The van der Waals surface area contributed by atoms with Crippen LogP contribution in [-0.4, -0.2) is 68.2 Å². The number of piperidine rings is 1. The number of carbonyl (C=O) groups is 1. The SMILES string of the molecule is Cc1ccncc1C(=O)N1CCn2c(nnc2C2CCN(S(=O)(=O)C(C)C)CC2)C1. The van der Waals surface area contributed by atoms with Crippen LogP contribution >= 0.6 is 0 Å². The molecule has 1 saturated heterocycles. The maximum atomic E-state index is 12.9. The van der Waals surface area contributed by atoms with E-state index in [9.17, 15) is 13.2 Å². The highest BCUT2D eigenvalue weighted by Gasteiger charge is 2.34. The molecule has 1 amide bonds. The zero-order chi connectivity index (χ0) is 21.5. The summed E-state index contributed by atoms with van der Waals surface area (Å²) >= 11 is 0. The number of carbonyl (C=O) groups excluding carboxylic acids is 1. The summed E-state index contributed by atoms with van der Waals surface area (Å²) in [4.78, 5) is 18.8. The van der Waals surface area contributed by atoms with Crippen molar-refractivity contribution < 1.29 is 13.2 Å². The molecule has 2 aliphatic heterocycles. The molecule has 1 fully saturated rings. The summed E-state index contributed by atoms with van der Waals surface area (Å²) in [5, 5.41) is 8.37. The van der Waals surface area contributed by atoms with E-state index in [-0.39, 0.29) is 11.8 Å². The second-order valence-corrected chi connectivity index (χ2v) is 10.8. The van der Waals surface area contributed by atoms with Gasteiger partial charge in [0.25, 0.3) is 5.91 Å². The van der Waals surface area contributed by atoms with E-state index in [0.29, 0.717) is 38.3 Å². The van der Waals surface area contributed by atoms with Gasteiger partial charge in [-0.25, -0.2) is 12.7 Å². The van der Waals surface area contributed by atoms with Gasteiger partial charge < -0.3 is 9.47 Å². The van der Waals surface area contributed by atoms with E-state index in [1.807, 2.05) is 13.0 Å². The monoisotopic (exact) mass is 432 g/mol. The molecule has 162 valence electrons. The van der Waals surface area contributed by atoms with Crippen LogP contribution in [0.5, 0.6) is 0 Å². The van der Waals surface area contributed by atoms with Crippen molar-refractivity contribution in [3.05, 3.63) is 41.2 Å². The average Bonchev–Trinajstić information content (AvgIpc) is 3.17. The van der Waals surface area contributed by atoms with Gasteiger partial charge >= 0.3 is 0 Å². The van der Waals surface area contributed by atoms with Crippen LogP contribution in [0.3, 0.4) is 0 Å². The summed E-state index contributed by atoms with van der Waals surface area (Å²) in [6, 6.07) is 1.84. The van der Waals surface area contributed by atoms with Gasteiger partial charge in [-0.3, -0.25) is 9.78 Å². The standard InChI is InChI=1S/C20H28N6O3S/c1-14(2)30(28,29)25-8-5-16(6-9-25)19-23-22-18-13-24(10-11-26(18)19)20(27)17-12-21-7-4-15(17)3/h4,7,12,14,16H,5-6,8-11,13H2,1-3H3. The molecule has 9 nitrogen and oxygen atoms in total. The van der Waals surface area contributed by atoms with Gasteiger partial charge in [0.05, 0.1) is 17.4 Å². The molecular weight excluding hydrogens is 404 g/mol. The van der Waals surface area contributed by atoms with Crippen LogP contribution in [0, 0.1) is 6.92 Å². The van der Waals surface area contributed by atoms with E-state index in [4.69, 9.17) is 0 Å². The molecule has 0 bridgehead atoms. The molecule has 2 aromatic heterocycles. The summed E-state index contributed by atoms with van der Waals surface area (Å²) in [5.74, 6) is 1.84. The number of pyridine rings is 1. The summed E-state index contributed by atoms with van der Waals surface area (Å²) in [5.41, 5.74) is 1.52. The lowest BCUT2D eigenvalue weighted by Gasteiger charge is -2.33. The lowest BCUT2D eigenvalue weighted by Crippen LogP contribution is -2.42. The fraction of sp³-hybridized carbons (Fsp3) is 0.600. The number of hydrogen-bond donors (Lipinski definition) is 0. The van der Waals surface area contributed by atoms with Crippen LogP contribution in [0.15, 0.2) is 18.5 Å². The Labute approximate surface area is 177 Å². The second-order valence-electron chi connectivity index (χ2n) is 8.31. The number of fused-ring (bicyclic) bond motifs is 1. The Morgan fingerprint density at radius 1 is 1.13 bits per heavy atom. The van der Waals surface area contributed by atoms with Gasteiger partial charge in [0.15, 0.2) is 5.82 Å². The van der Waals surface area contributed by atoms with Crippen molar-refractivity contribution in [1.29, 1.82) is 0 Å². The highest BCUT2D eigenvalue weighted by molar-refractivity contribution is 7.89. The van der Waals surface area contributed by atoms with E-state index < -0.39 is 15.3 Å². The van der Waals surface area contributed by atoms with Crippen molar-refractivity contribution in [3.8, 4) is 0 Å². The third-order valence-corrected chi connectivity index (χ3v) is 8.39. The van der Waals surface area contributed by atoms with Gasteiger partial charge in [-0.2, -0.15) is 0 Å². The lowest BCUT2D eigenvalue weighted by molar-refractivity contribution is 0.0704. The molecule has 2 aliphatic rings. The number of aromatic nitrogens is 4. The second kappa shape index (κ2) is 8.07. The summed E-state index contributed by atoms with van der Waals surface area (Å²) in [6.07, 6.45) is 4.77. The Hall–Kier alpha value is -2.33. The van der Waals surface area contributed by atoms with E-state index in [2.05, 4.69) is 19.7 Å². The molecule has 4 heterocycles. The Morgan fingerprint density at radius 2 is 1.87 bits per heavy atom. The van der Waals surface area contributed by atoms with Gasteiger partial charge in [-0.1, -0.05) is 0 Å². The molecule has 30 heavy (non-hydrogen) atoms. The van der Waals surface area contributed by atoms with Gasteiger partial charge in [0.2, 0.25) is 10.0 Å². The predicted molar refractivity (Wildman–Crippen MR) is 111 cm³/mol. The molecule has 0 N–H and O–H groups in total. The van der Waals surface area contributed by atoms with Crippen molar-refractivity contribution in [2.45, 2.75) is 57.9 Å². The average molecular weight is 433 g/mol. The van der Waals surface area contributed by atoms with Crippen LogP contribution in [-0.2, 0) is 23.1 Å². The first kappa shape index (κ1) is 20.9. The third-order valence-electron chi connectivity index (χ3n) is 6.11. The molecule has 0 atom stereocenters. The van der Waals surface area contributed by atoms with Crippen LogP contribution in [0.1, 0.15) is 60.2 Å². The van der Waals surface area contributed by atoms with Gasteiger partial charge in [-0.05, 0) is 45.2 Å². The largest absolute Gasteiger partial charge is 0.329 e. The Morgan fingerprint density at radius 3 is 2.53 bits per heavy atom. The normalized spacial score (nSPS) is 18.6. The fourth-order valence-electron chi connectivity index (χ4n) is 4.18. The van der Waals surface area contributed by atoms with Crippen molar-refractivity contribution in [3.63, 3.8) is 0 Å². The van der Waals surface area contributed by atoms with Crippen LogP contribution < -0.4 is 0 Å². The van der Waals surface area contributed by atoms with Crippen LogP contribution in [0.25, 0.3) is 0 Å². The molecule has 0 aliphatic carbocycles. The highest BCUT2D eigenvalue weighted by Crippen LogP contribution is 2.30. The number of rotatable bonds is 4. The van der Waals surface area contributed by atoms with Crippen molar-refractivity contribution in [2.24, 2.45) is 0 Å². The fourth-order valence-corrected chi connectivity index (χ4v) is 5.50. The van der Waals surface area contributed by atoms with Crippen LogP contribution in [0.2, 0.25) is 0 Å². The Bertz CT molecular complexity index is 1040. The van der Waals surface area contributed by atoms with Crippen LogP contribution in [0.4, 0.5) is 0 Å². The summed E-state index contributed by atoms with van der Waals surface area (Å²) < 4.78 is 28.5. The third kappa shape index (κ3) is 3.74. The predicted octanol–water partition coefficient (Wildman–Crippen LogP) is 1.56. The topological polar surface area (TPSA) is 101 Å². The number of nitrogens with zero attached hydrogens (tertiary/aromatic N) is 6. The molecule has 0 spiro atoms. The maximum Gasteiger partial charge on any atom is 0.256 e. The number of sulfonamides is 1. The molecule has 0 radical (unpaired) electrons. The Balaban J connectivity index is 1.45. The lowest BCUT2D eigenvalue weighted by atomic mass is 9.97. The summed E-state index contributed by atoms with van der Waals surface area (Å²) in [7, 11) is -3.22. The van der Waals surface area contributed by atoms with Crippen molar-refractivity contribution in [2.75, 3.05) is 19.6 Å². The molecule has 0 saturated carbocycles. The van der Waals surface area contributed by atoms with Gasteiger partial charge in [-0.15, -0.1) is 10.2 Å². The minimum Gasteiger partial charge on any atom is -0.329 e. The molecule has 2 aromatic rings. The minimum absolute atomic E-state index is 0.0383. The van der Waals surface area contributed by atoms with Gasteiger partial charge in [0, 0.05) is 44.5 Å². The summed E-state index contributed by atoms with van der Waals surface area (Å²) in [6.45, 7) is 8.02. The smallest absolute Gasteiger partial charge is 0.256 e.